The van der Waals surface area contributed by atoms with E-state index in [1.54, 1.807) is 0 Å². The topological polar surface area (TPSA) is 24.9 Å². The van der Waals surface area contributed by atoms with Crippen LogP contribution in [-0.2, 0) is 6.42 Å². The number of hydrogen-bond donors (Lipinski definition) is 1. The Morgan fingerprint density at radius 1 is 1.40 bits per heavy atom. The van der Waals surface area contributed by atoms with E-state index in [1.165, 1.54) is 11.1 Å². The lowest BCUT2D eigenvalue weighted by Gasteiger charge is -2.02. The van der Waals surface area contributed by atoms with Crippen molar-refractivity contribution in [3.63, 3.8) is 0 Å². The van der Waals surface area contributed by atoms with Gasteiger partial charge in [0, 0.05) is 12.4 Å². The fraction of sp³-hybridized carbons (Fsp3) is 0.462. The second kappa shape index (κ2) is 7.18. The second-order valence-electron chi connectivity index (χ2n) is 3.72. The Morgan fingerprint density at radius 3 is 2.80 bits per heavy atom. The van der Waals surface area contributed by atoms with E-state index in [0.717, 1.165) is 25.9 Å². The molecule has 1 rings (SSSR count). The minimum Gasteiger partial charge on any atom is -0.317 e. The first-order valence-corrected chi connectivity index (χ1v) is 5.58. The van der Waals surface area contributed by atoms with Crippen LogP contribution in [0, 0.1) is 0 Å². The number of nitrogens with zero attached hydrogens (tertiary/aromatic N) is 1. The molecule has 1 aromatic rings. The van der Waals surface area contributed by atoms with Crippen LogP contribution in [0.3, 0.4) is 0 Å². The van der Waals surface area contributed by atoms with Crippen molar-refractivity contribution < 1.29 is 0 Å². The molecule has 2 nitrogen and oxygen atoms in total. The van der Waals surface area contributed by atoms with Gasteiger partial charge in [-0.05, 0) is 50.6 Å². The molecule has 0 amide bonds. The molecule has 0 unspecified atom stereocenters. The Balaban J connectivity index is 2.32. The van der Waals surface area contributed by atoms with E-state index in [-0.39, 0.29) is 0 Å². The van der Waals surface area contributed by atoms with Crippen molar-refractivity contribution >= 4 is 0 Å². The van der Waals surface area contributed by atoms with Gasteiger partial charge >= 0.3 is 0 Å². The van der Waals surface area contributed by atoms with Gasteiger partial charge in [0.1, 0.15) is 0 Å². The SMILES string of the molecule is CCNCCC=C(C)Cc1ccncc1. The monoisotopic (exact) mass is 204 g/mol. The lowest BCUT2D eigenvalue weighted by Crippen LogP contribution is -2.13. The molecule has 0 fully saturated rings. The molecule has 0 aliphatic rings. The lowest BCUT2D eigenvalue weighted by atomic mass is 10.1. The van der Waals surface area contributed by atoms with Crippen molar-refractivity contribution in [3.05, 3.63) is 41.7 Å². The van der Waals surface area contributed by atoms with E-state index in [1.807, 2.05) is 12.4 Å². The molecule has 15 heavy (non-hydrogen) atoms. The minimum absolute atomic E-state index is 1.04. The molecular formula is C13H20N2. The largest absolute Gasteiger partial charge is 0.317 e. The number of hydrogen-bond acceptors (Lipinski definition) is 2. The summed E-state index contributed by atoms with van der Waals surface area (Å²) in [5.41, 5.74) is 2.77. The third kappa shape index (κ3) is 5.33. The van der Waals surface area contributed by atoms with E-state index < -0.39 is 0 Å². The summed E-state index contributed by atoms with van der Waals surface area (Å²) in [6, 6.07) is 4.14. The quantitative estimate of drug-likeness (QED) is 0.569. The maximum atomic E-state index is 4.01. The predicted octanol–water partition coefficient (Wildman–Crippen LogP) is 2.57. The molecule has 0 atom stereocenters. The zero-order chi connectivity index (χ0) is 10.9. The first-order chi connectivity index (χ1) is 7.33. The van der Waals surface area contributed by atoms with E-state index in [4.69, 9.17) is 0 Å². The molecule has 0 spiro atoms. The van der Waals surface area contributed by atoms with Crippen LogP contribution in [0.1, 0.15) is 25.8 Å². The van der Waals surface area contributed by atoms with Crippen molar-refractivity contribution in [2.24, 2.45) is 0 Å². The van der Waals surface area contributed by atoms with Crippen LogP contribution in [-0.4, -0.2) is 18.1 Å². The van der Waals surface area contributed by atoms with Gasteiger partial charge in [0.05, 0.1) is 0 Å². The van der Waals surface area contributed by atoms with Crippen LogP contribution in [0.4, 0.5) is 0 Å². The van der Waals surface area contributed by atoms with Gasteiger partial charge in [-0.25, -0.2) is 0 Å². The van der Waals surface area contributed by atoms with E-state index in [2.05, 4.69) is 42.4 Å². The Kier molecular flexibility index (Phi) is 5.71. The first kappa shape index (κ1) is 11.9. The zero-order valence-corrected chi connectivity index (χ0v) is 9.66. The normalized spacial score (nSPS) is 11.7. The van der Waals surface area contributed by atoms with E-state index in [0.29, 0.717) is 0 Å². The summed E-state index contributed by atoms with van der Waals surface area (Å²) in [5, 5.41) is 3.31. The van der Waals surface area contributed by atoms with Gasteiger partial charge in [0.25, 0.3) is 0 Å². The highest BCUT2D eigenvalue weighted by molar-refractivity contribution is 5.17. The molecule has 0 bridgehead atoms. The van der Waals surface area contributed by atoms with Crippen LogP contribution < -0.4 is 5.32 Å². The Labute approximate surface area is 92.4 Å². The summed E-state index contributed by atoms with van der Waals surface area (Å²) in [7, 11) is 0. The molecule has 0 aliphatic carbocycles. The summed E-state index contributed by atoms with van der Waals surface area (Å²) in [6.07, 6.45) is 8.16. The van der Waals surface area contributed by atoms with Gasteiger partial charge in [-0.2, -0.15) is 0 Å². The van der Waals surface area contributed by atoms with Gasteiger partial charge < -0.3 is 5.32 Å². The molecule has 0 saturated heterocycles. The van der Waals surface area contributed by atoms with Crippen molar-refractivity contribution in [2.45, 2.75) is 26.7 Å². The molecule has 1 heterocycles. The van der Waals surface area contributed by atoms with Crippen molar-refractivity contribution in [3.8, 4) is 0 Å². The summed E-state index contributed by atoms with van der Waals surface area (Å²) < 4.78 is 0. The van der Waals surface area contributed by atoms with Gasteiger partial charge in [-0.3, -0.25) is 4.98 Å². The minimum atomic E-state index is 1.04. The van der Waals surface area contributed by atoms with Gasteiger partial charge in [-0.1, -0.05) is 18.6 Å². The van der Waals surface area contributed by atoms with Gasteiger partial charge in [-0.15, -0.1) is 0 Å². The maximum Gasteiger partial charge on any atom is 0.0270 e. The molecule has 2 heteroatoms. The highest BCUT2D eigenvalue weighted by atomic mass is 14.8. The maximum absolute atomic E-state index is 4.01. The fourth-order valence-electron chi connectivity index (χ4n) is 1.49. The number of rotatable bonds is 6. The third-order valence-electron chi connectivity index (χ3n) is 2.30. The van der Waals surface area contributed by atoms with Crippen molar-refractivity contribution in [1.29, 1.82) is 0 Å². The van der Waals surface area contributed by atoms with Crippen LogP contribution in [0.5, 0.6) is 0 Å². The fourth-order valence-corrected chi connectivity index (χ4v) is 1.49. The van der Waals surface area contributed by atoms with Crippen molar-refractivity contribution in [2.75, 3.05) is 13.1 Å². The molecular weight excluding hydrogens is 184 g/mol. The smallest absolute Gasteiger partial charge is 0.0270 e. The molecule has 1 aromatic heterocycles. The first-order valence-electron chi connectivity index (χ1n) is 5.58. The molecule has 0 saturated carbocycles. The van der Waals surface area contributed by atoms with Crippen LogP contribution >= 0.6 is 0 Å². The number of nitrogens with one attached hydrogen (secondary N) is 1. The standard InChI is InChI=1S/C13H20N2/c1-3-14-8-4-5-12(2)11-13-6-9-15-10-7-13/h5-7,9-10,14H,3-4,8,11H2,1-2H3. The van der Waals surface area contributed by atoms with Gasteiger partial charge in [0.2, 0.25) is 0 Å². The molecule has 1 N–H and O–H groups in total. The predicted molar refractivity (Wildman–Crippen MR) is 64.9 cm³/mol. The summed E-state index contributed by atoms with van der Waals surface area (Å²) in [5.74, 6) is 0. The Bertz CT molecular complexity index is 291. The van der Waals surface area contributed by atoms with E-state index in [9.17, 15) is 0 Å². The van der Waals surface area contributed by atoms with Crippen LogP contribution in [0.15, 0.2) is 36.2 Å². The number of allylic oxidation sites excluding steroid dienone is 1. The highest BCUT2D eigenvalue weighted by Gasteiger charge is 1.93. The number of pyridine rings is 1. The molecule has 0 aromatic carbocycles. The second-order valence-corrected chi connectivity index (χ2v) is 3.72. The summed E-state index contributed by atoms with van der Waals surface area (Å²) in [6.45, 7) is 6.45. The Morgan fingerprint density at radius 2 is 2.13 bits per heavy atom. The summed E-state index contributed by atoms with van der Waals surface area (Å²) >= 11 is 0. The Hall–Kier alpha value is -1.15. The molecule has 82 valence electrons. The highest BCUT2D eigenvalue weighted by Crippen LogP contribution is 2.06. The van der Waals surface area contributed by atoms with Gasteiger partial charge in [0.15, 0.2) is 0 Å². The number of aromatic nitrogens is 1. The van der Waals surface area contributed by atoms with E-state index >= 15 is 0 Å². The van der Waals surface area contributed by atoms with Crippen molar-refractivity contribution in [1.82, 2.24) is 10.3 Å². The van der Waals surface area contributed by atoms with Crippen LogP contribution in [0.25, 0.3) is 0 Å². The average Bonchev–Trinajstić information content (AvgIpc) is 2.26. The summed E-state index contributed by atoms with van der Waals surface area (Å²) in [4.78, 5) is 4.01. The molecule has 0 aliphatic heterocycles. The average molecular weight is 204 g/mol. The third-order valence-corrected chi connectivity index (χ3v) is 2.30. The molecule has 0 radical (unpaired) electrons. The zero-order valence-electron chi connectivity index (χ0n) is 9.66. The lowest BCUT2D eigenvalue weighted by molar-refractivity contribution is 0.724. The van der Waals surface area contributed by atoms with Crippen LogP contribution in [0.2, 0.25) is 0 Å².